The van der Waals surface area contributed by atoms with Crippen molar-refractivity contribution in [1.82, 2.24) is 0 Å². The predicted octanol–water partition coefficient (Wildman–Crippen LogP) is 0.626. The van der Waals surface area contributed by atoms with E-state index < -0.39 is 29.2 Å². The lowest BCUT2D eigenvalue weighted by molar-refractivity contribution is -0.150. The van der Waals surface area contributed by atoms with Crippen LogP contribution in [0.1, 0.15) is 20.3 Å². The van der Waals surface area contributed by atoms with Gasteiger partial charge in [-0.25, -0.2) is 0 Å². The van der Waals surface area contributed by atoms with E-state index in [1.165, 1.54) is 20.1 Å². The van der Waals surface area contributed by atoms with E-state index in [-0.39, 0.29) is 11.5 Å². The standard InChI is InChI=1S/C12H14O5/c1-6(13)17-7-4-12(2)5-8(16-3)10(14)9(7)11(12)15/h5,7,9H,4H2,1-3H3/t7-,9+,12-/m1/s1. The van der Waals surface area contributed by atoms with Gasteiger partial charge >= 0.3 is 5.97 Å². The van der Waals surface area contributed by atoms with Crippen LogP contribution in [0.25, 0.3) is 0 Å². The summed E-state index contributed by atoms with van der Waals surface area (Å²) in [5.41, 5.74) is -0.760. The first-order chi connectivity index (χ1) is 7.89. The molecule has 2 aliphatic rings. The molecule has 0 saturated heterocycles. The molecule has 92 valence electrons. The van der Waals surface area contributed by atoms with Gasteiger partial charge in [0.1, 0.15) is 12.0 Å². The Balaban J connectivity index is 2.38. The Bertz CT molecular complexity index is 436. The number of carbonyl (C=O) groups is 3. The monoisotopic (exact) mass is 238 g/mol. The number of hydrogen-bond donors (Lipinski definition) is 0. The van der Waals surface area contributed by atoms with Gasteiger partial charge in [0.05, 0.1) is 12.5 Å². The first kappa shape index (κ1) is 11.8. The van der Waals surface area contributed by atoms with Crippen LogP contribution in [-0.2, 0) is 23.9 Å². The van der Waals surface area contributed by atoms with Crippen molar-refractivity contribution in [2.75, 3.05) is 7.11 Å². The number of rotatable bonds is 2. The summed E-state index contributed by atoms with van der Waals surface area (Å²) in [6.45, 7) is 3.00. The van der Waals surface area contributed by atoms with Crippen molar-refractivity contribution in [3.8, 4) is 0 Å². The highest BCUT2D eigenvalue weighted by atomic mass is 16.5. The minimum atomic E-state index is -0.899. The van der Waals surface area contributed by atoms with Gasteiger partial charge in [-0.1, -0.05) is 0 Å². The largest absolute Gasteiger partial charge is 0.493 e. The number of ether oxygens (including phenoxy) is 2. The molecule has 0 spiro atoms. The SMILES string of the molecule is COC1=C[C@@]2(C)C[C@@H](OC(C)=O)[C@@H](C1=O)C2=O. The molecule has 0 amide bonds. The molecule has 0 aliphatic heterocycles. The molecule has 0 heterocycles. The number of hydrogen-bond acceptors (Lipinski definition) is 5. The second-order valence-corrected chi connectivity index (χ2v) is 4.69. The average Bonchev–Trinajstić information content (AvgIpc) is 2.38. The molecule has 1 fully saturated rings. The van der Waals surface area contributed by atoms with E-state index in [0.717, 1.165) is 0 Å². The van der Waals surface area contributed by atoms with Crippen LogP contribution in [0.4, 0.5) is 0 Å². The fourth-order valence-corrected chi connectivity index (χ4v) is 2.57. The van der Waals surface area contributed by atoms with Gasteiger partial charge in [0, 0.05) is 13.3 Å². The Morgan fingerprint density at radius 3 is 2.65 bits per heavy atom. The second kappa shape index (κ2) is 3.68. The van der Waals surface area contributed by atoms with Crippen molar-refractivity contribution < 1.29 is 23.9 Å². The third-order valence-corrected chi connectivity index (χ3v) is 3.35. The minimum absolute atomic E-state index is 0.186. The number of allylic oxidation sites excluding steroid dienone is 2. The van der Waals surface area contributed by atoms with E-state index in [2.05, 4.69) is 0 Å². The van der Waals surface area contributed by atoms with Gasteiger partial charge in [0.15, 0.2) is 11.5 Å². The van der Waals surface area contributed by atoms with Gasteiger partial charge in [0.2, 0.25) is 5.78 Å². The zero-order chi connectivity index (χ0) is 12.8. The summed E-state index contributed by atoms with van der Waals surface area (Å²) >= 11 is 0. The predicted molar refractivity (Wildman–Crippen MR) is 56.9 cm³/mol. The van der Waals surface area contributed by atoms with Crippen molar-refractivity contribution in [1.29, 1.82) is 0 Å². The molecular weight excluding hydrogens is 224 g/mol. The maximum atomic E-state index is 12.1. The third kappa shape index (κ3) is 1.66. The summed E-state index contributed by atoms with van der Waals surface area (Å²) in [6, 6.07) is 0. The number of fused-ring (bicyclic) bond motifs is 2. The smallest absolute Gasteiger partial charge is 0.302 e. The maximum absolute atomic E-state index is 12.1. The van der Waals surface area contributed by atoms with Crippen LogP contribution < -0.4 is 0 Å². The normalized spacial score (nSPS) is 35.6. The van der Waals surface area contributed by atoms with Crippen molar-refractivity contribution in [3.63, 3.8) is 0 Å². The van der Waals surface area contributed by atoms with Gasteiger partial charge in [-0.05, 0) is 13.0 Å². The zero-order valence-corrected chi connectivity index (χ0v) is 9.98. The number of ketones is 2. The van der Waals surface area contributed by atoms with Crippen molar-refractivity contribution in [3.05, 3.63) is 11.8 Å². The van der Waals surface area contributed by atoms with Gasteiger partial charge in [-0.3, -0.25) is 14.4 Å². The summed E-state index contributed by atoms with van der Waals surface area (Å²) in [5, 5.41) is 0. The molecule has 0 aromatic heterocycles. The summed E-state index contributed by atoms with van der Waals surface area (Å²) in [5.74, 6) is -1.77. The zero-order valence-electron chi connectivity index (χ0n) is 9.98. The summed E-state index contributed by atoms with van der Waals surface area (Å²) < 4.78 is 10.0. The quantitative estimate of drug-likeness (QED) is 0.521. The molecule has 0 unspecified atom stereocenters. The lowest BCUT2D eigenvalue weighted by Gasteiger charge is -2.23. The molecular formula is C12H14O5. The molecule has 3 atom stereocenters. The number of carbonyl (C=O) groups excluding carboxylic acids is 3. The van der Waals surface area contributed by atoms with Gasteiger partial charge in [0.25, 0.3) is 0 Å². The molecule has 0 aromatic carbocycles. The first-order valence-corrected chi connectivity index (χ1v) is 5.41. The average molecular weight is 238 g/mol. The Kier molecular flexibility index (Phi) is 2.56. The van der Waals surface area contributed by atoms with Crippen molar-refractivity contribution in [2.45, 2.75) is 26.4 Å². The molecule has 2 rings (SSSR count). The molecule has 0 aromatic rings. The van der Waals surface area contributed by atoms with Crippen LogP contribution in [0, 0.1) is 11.3 Å². The Morgan fingerprint density at radius 2 is 2.12 bits per heavy atom. The van der Waals surface area contributed by atoms with Gasteiger partial charge in [-0.15, -0.1) is 0 Å². The van der Waals surface area contributed by atoms with Crippen LogP contribution in [0.5, 0.6) is 0 Å². The molecule has 2 aliphatic carbocycles. The van der Waals surface area contributed by atoms with Gasteiger partial charge in [-0.2, -0.15) is 0 Å². The minimum Gasteiger partial charge on any atom is -0.493 e. The molecule has 1 saturated carbocycles. The molecule has 17 heavy (non-hydrogen) atoms. The summed E-state index contributed by atoms with van der Waals surface area (Å²) in [4.78, 5) is 35.0. The van der Waals surface area contributed by atoms with Crippen molar-refractivity contribution >= 4 is 17.5 Å². The van der Waals surface area contributed by atoms with Crippen molar-refractivity contribution in [2.24, 2.45) is 11.3 Å². The summed E-state index contributed by atoms with van der Waals surface area (Å²) in [7, 11) is 1.39. The fourth-order valence-electron chi connectivity index (χ4n) is 2.57. The highest BCUT2D eigenvalue weighted by Crippen LogP contribution is 2.46. The van der Waals surface area contributed by atoms with Gasteiger partial charge < -0.3 is 9.47 Å². The fraction of sp³-hybridized carbons (Fsp3) is 0.583. The topological polar surface area (TPSA) is 69.7 Å². The molecule has 5 nitrogen and oxygen atoms in total. The lowest BCUT2D eigenvalue weighted by atomic mass is 9.80. The number of methoxy groups -OCH3 is 1. The Morgan fingerprint density at radius 1 is 1.47 bits per heavy atom. The molecule has 0 N–H and O–H groups in total. The Hall–Kier alpha value is -1.65. The van der Waals surface area contributed by atoms with Crippen LogP contribution in [0.15, 0.2) is 11.8 Å². The van der Waals surface area contributed by atoms with E-state index in [1.54, 1.807) is 6.92 Å². The number of Topliss-reactive ketones (excluding diaryl/α,β-unsaturated/α-hetero) is 2. The second-order valence-electron chi connectivity index (χ2n) is 4.69. The lowest BCUT2D eigenvalue weighted by Crippen LogP contribution is -2.37. The first-order valence-electron chi connectivity index (χ1n) is 5.41. The molecule has 2 bridgehead atoms. The molecule has 0 radical (unpaired) electrons. The van der Waals surface area contributed by atoms with Crippen LogP contribution in [0.2, 0.25) is 0 Å². The van der Waals surface area contributed by atoms with Crippen LogP contribution >= 0.6 is 0 Å². The molecule has 5 heteroatoms. The van der Waals surface area contributed by atoms with E-state index >= 15 is 0 Å². The van der Waals surface area contributed by atoms with E-state index in [0.29, 0.717) is 6.42 Å². The number of esters is 1. The van der Waals surface area contributed by atoms with Crippen LogP contribution in [-0.4, -0.2) is 30.7 Å². The van der Waals surface area contributed by atoms with E-state index in [9.17, 15) is 14.4 Å². The van der Waals surface area contributed by atoms with Crippen LogP contribution in [0.3, 0.4) is 0 Å². The third-order valence-electron chi connectivity index (χ3n) is 3.35. The highest BCUT2D eigenvalue weighted by Gasteiger charge is 2.58. The van der Waals surface area contributed by atoms with E-state index in [4.69, 9.17) is 9.47 Å². The Labute approximate surface area is 98.8 Å². The highest BCUT2D eigenvalue weighted by molar-refractivity contribution is 6.16. The van der Waals surface area contributed by atoms with E-state index in [1.807, 2.05) is 0 Å². The maximum Gasteiger partial charge on any atom is 0.302 e. The summed E-state index contributed by atoms with van der Waals surface area (Å²) in [6.07, 6.45) is 1.22.